The normalized spacial score (nSPS) is 11.0. The Morgan fingerprint density at radius 2 is 1.75 bits per heavy atom. The van der Waals surface area contributed by atoms with E-state index in [1.165, 1.54) is 0 Å². The zero-order valence-corrected chi connectivity index (χ0v) is 16.2. The van der Waals surface area contributed by atoms with Crippen molar-refractivity contribution in [3.63, 3.8) is 0 Å². The highest BCUT2D eigenvalue weighted by molar-refractivity contribution is 6.33. The number of nitrogens with zero attached hydrogens (tertiary/aromatic N) is 4. The van der Waals surface area contributed by atoms with Crippen molar-refractivity contribution in [2.45, 2.75) is 20.3 Å². The lowest BCUT2D eigenvalue weighted by molar-refractivity contribution is -0.115. The molecule has 0 saturated heterocycles. The molecule has 0 unspecified atom stereocenters. The predicted octanol–water partition coefficient (Wildman–Crippen LogP) is 4.24. The van der Waals surface area contributed by atoms with Crippen LogP contribution in [0.15, 0.2) is 54.6 Å². The molecule has 0 fully saturated rings. The second kappa shape index (κ2) is 7.40. The van der Waals surface area contributed by atoms with E-state index >= 15 is 0 Å². The van der Waals surface area contributed by atoms with Crippen LogP contribution in [-0.2, 0) is 11.2 Å². The summed E-state index contributed by atoms with van der Waals surface area (Å²) in [6.45, 7) is 3.79. The quantitative estimate of drug-likeness (QED) is 0.564. The molecule has 4 aromatic rings. The van der Waals surface area contributed by atoms with Crippen LogP contribution in [0.1, 0.15) is 17.0 Å². The number of hydrogen-bond acceptors (Lipinski definition) is 4. The first-order valence-corrected chi connectivity index (χ1v) is 9.23. The third-order valence-electron chi connectivity index (χ3n) is 4.56. The number of carbonyl (C=O) groups excluding carboxylic acids is 1. The molecule has 2 aromatic carbocycles. The highest BCUT2D eigenvalue weighted by Crippen LogP contribution is 2.26. The first kappa shape index (κ1) is 18.1. The molecule has 0 saturated carbocycles. The Balaban J connectivity index is 1.68. The van der Waals surface area contributed by atoms with Gasteiger partial charge in [-0.2, -0.15) is 4.98 Å². The van der Waals surface area contributed by atoms with Crippen molar-refractivity contribution in [3.8, 4) is 11.4 Å². The summed E-state index contributed by atoms with van der Waals surface area (Å²) in [4.78, 5) is 21.5. The Kier molecular flexibility index (Phi) is 4.79. The maximum atomic E-state index is 12.5. The van der Waals surface area contributed by atoms with E-state index in [2.05, 4.69) is 20.4 Å². The fourth-order valence-corrected chi connectivity index (χ4v) is 3.33. The van der Waals surface area contributed by atoms with Crippen molar-refractivity contribution in [1.82, 2.24) is 19.6 Å². The van der Waals surface area contributed by atoms with Crippen LogP contribution in [0.5, 0.6) is 0 Å². The van der Waals surface area contributed by atoms with Gasteiger partial charge in [0.25, 0.3) is 5.78 Å². The average molecular weight is 392 g/mol. The smallest absolute Gasteiger partial charge is 0.253 e. The Morgan fingerprint density at radius 3 is 2.50 bits per heavy atom. The summed E-state index contributed by atoms with van der Waals surface area (Å²) in [5.41, 5.74) is 3.92. The molecule has 0 aliphatic rings. The molecule has 28 heavy (non-hydrogen) atoms. The molecule has 4 rings (SSSR count). The molecule has 140 valence electrons. The third kappa shape index (κ3) is 3.46. The minimum Gasteiger partial charge on any atom is -0.326 e. The van der Waals surface area contributed by atoms with Crippen molar-refractivity contribution >= 4 is 29.0 Å². The monoisotopic (exact) mass is 391 g/mol. The van der Waals surface area contributed by atoms with Crippen molar-refractivity contribution in [2.24, 2.45) is 0 Å². The van der Waals surface area contributed by atoms with Gasteiger partial charge in [-0.05, 0) is 38.1 Å². The zero-order chi connectivity index (χ0) is 19.7. The summed E-state index contributed by atoms with van der Waals surface area (Å²) < 4.78 is 1.66. The van der Waals surface area contributed by atoms with Gasteiger partial charge in [-0.25, -0.2) is 9.50 Å². The fourth-order valence-electron chi connectivity index (χ4n) is 3.11. The van der Waals surface area contributed by atoms with Crippen LogP contribution >= 0.6 is 11.6 Å². The number of halogens is 1. The fraction of sp³-hybridized carbons (Fsp3) is 0.143. The first-order chi connectivity index (χ1) is 13.5. The second-order valence-electron chi connectivity index (χ2n) is 6.48. The van der Waals surface area contributed by atoms with Gasteiger partial charge in [0, 0.05) is 28.2 Å². The number of aryl methyl sites for hydroxylation is 2. The van der Waals surface area contributed by atoms with Crippen LogP contribution in [0.4, 0.5) is 5.69 Å². The molecule has 0 aliphatic carbocycles. The summed E-state index contributed by atoms with van der Waals surface area (Å²) in [5.74, 6) is 0.883. The van der Waals surface area contributed by atoms with Gasteiger partial charge in [0.2, 0.25) is 5.91 Å². The summed E-state index contributed by atoms with van der Waals surface area (Å²) >= 11 is 6.27. The topological polar surface area (TPSA) is 72.2 Å². The summed E-state index contributed by atoms with van der Waals surface area (Å²) in [6.07, 6.45) is 0.205. The summed E-state index contributed by atoms with van der Waals surface area (Å²) in [7, 11) is 0. The molecular formula is C21H18ClN5O. The zero-order valence-electron chi connectivity index (χ0n) is 15.5. The molecule has 2 aromatic heterocycles. The molecule has 0 radical (unpaired) electrons. The van der Waals surface area contributed by atoms with Gasteiger partial charge in [-0.15, -0.1) is 5.10 Å². The largest absolute Gasteiger partial charge is 0.326 e. The Hall–Kier alpha value is -3.25. The van der Waals surface area contributed by atoms with Gasteiger partial charge in [-0.1, -0.05) is 41.9 Å². The van der Waals surface area contributed by atoms with E-state index < -0.39 is 0 Å². The van der Waals surface area contributed by atoms with Crippen molar-refractivity contribution in [1.29, 1.82) is 0 Å². The molecule has 1 amide bonds. The Morgan fingerprint density at radius 1 is 1.04 bits per heavy atom. The van der Waals surface area contributed by atoms with E-state index in [9.17, 15) is 4.79 Å². The van der Waals surface area contributed by atoms with Crippen LogP contribution in [0.2, 0.25) is 5.02 Å². The van der Waals surface area contributed by atoms with Crippen LogP contribution in [0.3, 0.4) is 0 Å². The highest BCUT2D eigenvalue weighted by Gasteiger charge is 2.17. The maximum absolute atomic E-state index is 12.5. The van der Waals surface area contributed by atoms with E-state index in [0.717, 1.165) is 28.2 Å². The number of rotatable bonds is 4. The Labute approximate surface area is 167 Å². The molecule has 6 nitrogen and oxygen atoms in total. The summed E-state index contributed by atoms with van der Waals surface area (Å²) in [6, 6.07) is 16.8. The van der Waals surface area contributed by atoms with Crippen molar-refractivity contribution < 1.29 is 4.79 Å². The van der Waals surface area contributed by atoms with Gasteiger partial charge in [0.1, 0.15) is 0 Å². The molecule has 0 atom stereocenters. The van der Waals surface area contributed by atoms with Gasteiger partial charge < -0.3 is 5.32 Å². The summed E-state index contributed by atoms with van der Waals surface area (Å²) in [5, 5.41) is 8.04. The van der Waals surface area contributed by atoms with Crippen LogP contribution < -0.4 is 5.32 Å². The number of hydrogen-bond donors (Lipinski definition) is 1. The minimum absolute atomic E-state index is 0.106. The van der Waals surface area contributed by atoms with E-state index in [1.54, 1.807) is 10.6 Å². The molecule has 2 heterocycles. The van der Waals surface area contributed by atoms with E-state index in [1.807, 2.05) is 62.4 Å². The van der Waals surface area contributed by atoms with Crippen molar-refractivity contribution in [2.75, 3.05) is 5.32 Å². The SMILES string of the molecule is Cc1nc2nc(-c3ccccc3Cl)nn2c(C)c1CC(=O)Nc1ccccc1. The lowest BCUT2D eigenvalue weighted by atomic mass is 10.1. The number of amides is 1. The molecule has 7 heteroatoms. The number of nitrogens with one attached hydrogen (secondary N) is 1. The van der Waals surface area contributed by atoms with Crippen LogP contribution in [0.25, 0.3) is 17.2 Å². The maximum Gasteiger partial charge on any atom is 0.253 e. The van der Waals surface area contributed by atoms with Crippen LogP contribution in [-0.4, -0.2) is 25.5 Å². The first-order valence-electron chi connectivity index (χ1n) is 8.85. The van der Waals surface area contributed by atoms with Crippen LogP contribution in [0, 0.1) is 13.8 Å². The number of benzene rings is 2. The highest BCUT2D eigenvalue weighted by atomic mass is 35.5. The Bertz CT molecular complexity index is 1170. The number of anilines is 1. The molecular weight excluding hydrogens is 374 g/mol. The number of para-hydroxylation sites is 1. The van der Waals surface area contributed by atoms with Gasteiger partial charge >= 0.3 is 0 Å². The number of aromatic nitrogens is 4. The second-order valence-corrected chi connectivity index (χ2v) is 6.89. The van der Waals surface area contributed by atoms with E-state index in [-0.39, 0.29) is 12.3 Å². The molecule has 1 N–H and O–H groups in total. The molecule has 0 bridgehead atoms. The lowest BCUT2D eigenvalue weighted by Crippen LogP contribution is -2.17. The molecule has 0 aliphatic heterocycles. The van der Waals surface area contributed by atoms with Gasteiger partial charge in [0.05, 0.1) is 11.4 Å². The predicted molar refractivity (Wildman–Crippen MR) is 109 cm³/mol. The third-order valence-corrected chi connectivity index (χ3v) is 4.89. The molecule has 0 spiro atoms. The average Bonchev–Trinajstić information content (AvgIpc) is 3.10. The standard InChI is InChI=1S/C21H18ClN5O/c1-13-17(12-19(28)24-15-8-4-3-5-9-15)14(2)27-21(23-13)25-20(26-27)16-10-6-7-11-18(16)22/h3-11H,12H2,1-2H3,(H,24,28). The van der Waals surface area contributed by atoms with E-state index in [4.69, 9.17) is 11.6 Å². The minimum atomic E-state index is -0.106. The number of carbonyl (C=O) groups is 1. The van der Waals surface area contributed by atoms with Gasteiger partial charge in [0.15, 0.2) is 5.82 Å². The lowest BCUT2D eigenvalue weighted by Gasteiger charge is -2.10. The van der Waals surface area contributed by atoms with E-state index in [0.29, 0.717) is 16.6 Å². The van der Waals surface area contributed by atoms with Gasteiger partial charge in [-0.3, -0.25) is 4.79 Å². The number of fused-ring (bicyclic) bond motifs is 1. The van der Waals surface area contributed by atoms with Crippen molar-refractivity contribution in [3.05, 3.63) is 76.6 Å².